The molecular formula is C13H13NO3. The summed E-state index contributed by atoms with van der Waals surface area (Å²) in [5.74, 6) is 0.284. The number of hydrogen-bond donors (Lipinski definition) is 0. The second kappa shape index (κ2) is 6.33. The molecule has 0 spiro atoms. The van der Waals surface area contributed by atoms with Gasteiger partial charge in [-0.25, -0.2) is 4.79 Å². The molecule has 0 unspecified atom stereocenters. The van der Waals surface area contributed by atoms with E-state index in [9.17, 15) is 4.79 Å². The Morgan fingerprint density at radius 1 is 1.41 bits per heavy atom. The summed E-state index contributed by atoms with van der Waals surface area (Å²) in [6.45, 7) is 1.95. The zero-order valence-corrected chi connectivity index (χ0v) is 9.77. The van der Waals surface area contributed by atoms with Gasteiger partial charge in [0.1, 0.15) is 12.4 Å². The van der Waals surface area contributed by atoms with Crippen LogP contribution in [-0.2, 0) is 9.53 Å². The van der Waals surface area contributed by atoms with Crippen molar-refractivity contribution in [3.05, 3.63) is 41.5 Å². The molecule has 4 nitrogen and oxygen atoms in total. The number of ether oxygens (including phenoxy) is 2. The SMILES string of the molecule is COC(=O)C(C)=CCOc1ccc(C#N)cc1. The van der Waals surface area contributed by atoms with Crippen molar-refractivity contribution in [1.82, 2.24) is 0 Å². The summed E-state index contributed by atoms with van der Waals surface area (Å²) >= 11 is 0. The average Bonchev–Trinajstić information content (AvgIpc) is 2.38. The number of methoxy groups -OCH3 is 1. The van der Waals surface area contributed by atoms with Gasteiger partial charge in [0.05, 0.1) is 18.7 Å². The monoisotopic (exact) mass is 231 g/mol. The highest BCUT2D eigenvalue weighted by atomic mass is 16.5. The van der Waals surface area contributed by atoms with Crippen LogP contribution < -0.4 is 4.74 Å². The molecular weight excluding hydrogens is 218 g/mol. The first-order valence-electron chi connectivity index (χ1n) is 5.05. The molecule has 1 aromatic rings. The molecule has 1 aromatic carbocycles. The van der Waals surface area contributed by atoms with Gasteiger partial charge in [-0.1, -0.05) is 0 Å². The summed E-state index contributed by atoms with van der Waals surface area (Å²) in [5, 5.41) is 8.61. The van der Waals surface area contributed by atoms with Gasteiger partial charge in [-0.3, -0.25) is 0 Å². The van der Waals surface area contributed by atoms with E-state index < -0.39 is 0 Å². The molecule has 88 valence electrons. The highest BCUT2D eigenvalue weighted by Crippen LogP contribution is 2.11. The van der Waals surface area contributed by atoms with E-state index in [1.807, 2.05) is 6.07 Å². The van der Waals surface area contributed by atoms with Crippen LogP contribution in [0, 0.1) is 11.3 Å². The van der Waals surface area contributed by atoms with Crippen molar-refractivity contribution >= 4 is 5.97 Å². The number of benzene rings is 1. The lowest BCUT2D eigenvalue weighted by atomic mass is 10.2. The van der Waals surface area contributed by atoms with Gasteiger partial charge in [0, 0.05) is 5.57 Å². The Hall–Kier alpha value is -2.28. The number of nitrogens with zero attached hydrogens (tertiary/aromatic N) is 1. The third kappa shape index (κ3) is 3.99. The molecule has 17 heavy (non-hydrogen) atoms. The second-order valence-corrected chi connectivity index (χ2v) is 3.33. The maximum absolute atomic E-state index is 11.1. The normalized spacial score (nSPS) is 10.5. The zero-order valence-electron chi connectivity index (χ0n) is 9.77. The molecule has 0 saturated heterocycles. The Kier molecular flexibility index (Phi) is 4.77. The van der Waals surface area contributed by atoms with Crippen LogP contribution in [0.3, 0.4) is 0 Å². The van der Waals surface area contributed by atoms with Crippen LogP contribution in [0.15, 0.2) is 35.9 Å². The third-order valence-electron chi connectivity index (χ3n) is 2.13. The van der Waals surface area contributed by atoms with Crippen molar-refractivity contribution in [3.8, 4) is 11.8 Å². The van der Waals surface area contributed by atoms with Gasteiger partial charge in [0.25, 0.3) is 0 Å². The smallest absolute Gasteiger partial charge is 0.333 e. The molecule has 0 saturated carbocycles. The minimum atomic E-state index is -0.367. The summed E-state index contributed by atoms with van der Waals surface area (Å²) in [5.41, 5.74) is 1.08. The van der Waals surface area contributed by atoms with E-state index in [2.05, 4.69) is 4.74 Å². The third-order valence-corrected chi connectivity index (χ3v) is 2.13. The molecule has 0 radical (unpaired) electrons. The van der Waals surface area contributed by atoms with Crippen molar-refractivity contribution in [3.63, 3.8) is 0 Å². The molecule has 4 heteroatoms. The Morgan fingerprint density at radius 2 is 2.06 bits per heavy atom. The van der Waals surface area contributed by atoms with Crippen LogP contribution in [0.2, 0.25) is 0 Å². The van der Waals surface area contributed by atoms with Gasteiger partial charge in [0.15, 0.2) is 0 Å². The van der Waals surface area contributed by atoms with Gasteiger partial charge in [0.2, 0.25) is 0 Å². The Morgan fingerprint density at radius 3 is 2.59 bits per heavy atom. The first-order valence-corrected chi connectivity index (χ1v) is 5.05. The lowest BCUT2D eigenvalue weighted by molar-refractivity contribution is -0.136. The van der Waals surface area contributed by atoms with Crippen molar-refractivity contribution in [2.24, 2.45) is 0 Å². The molecule has 0 N–H and O–H groups in total. The van der Waals surface area contributed by atoms with E-state index >= 15 is 0 Å². The lowest BCUT2D eigenvalue weighted by Crippen LogP contribution is -2.04. The predicted molar refractivity (Wildman–Crippen MR) is 62.4 cm³/mol. The van der Waals surface area contributed by atoms with E-state index in [-0.39, 0.29) is 12.6 Å². The van der Waals surface area contributed by atoms with Crippen LogP contribution in [0.5, 0.6) is 5.75 Å². The standard InChI is InChI=1S/C13H13NO3/c1-10(13(15)16-2)7-8-17-12-5-3-11(9-14)4-6-12/h3-7H,8H2,1-2H3. The quantitative estimate of drug-likeness (QED) is 0.587. The van der Waals surface area contributed by atoms with Gasteiger partial charge in [-0.05, 0) is 37.3 Å². The maximum atomic E-state index is 11.1. The van der Waals surface area contributed by atoms with Gasteiger partial charge >= 0.3 is 5.97 Å². The first-order chi connectivity index (χ1) is 8.17. The Bertz CT molecular complexity index is 455. The zero-order chi connectivity index (χ0) is 12.7. The Balaban J connectivity index is 2.51. The van der Waals surface area contributed by atoms with Gasteiger partial charge in [-0.2, -0.15) is 5.26 Å². The van der Waals surface area contributed by atoms with Crippen LogP contribution in [0.4, 0.5) is 0 Å². The lowest BCUT2D eigenvalue weighted by Gasteiger charge is -2.03. The molecule has 0 fully saturated rings. The van der Waals surface area contributed by atoms with Crippen LogP contribution in [-0.4, -0.2) is 19.7 Å². The fourth-order valence-electron chi connectivity index (χ4n) is 1.13. The molecule has 0 amide bonds. The highest BCUT2D eigenvalue weighted by molar-refractivity contribution is 5.87. The minimum Gasteiger partial charge on any atom is -0.490 e. The fraction of sp³-hybridized carbons (Fsp3) is 0.231. The number of rotatable bonds is 4. The summed E-state index contributed by atoms with van der Waals surface area (Å²) in [6, 6.07) is 8.78. The van der Waals surface area contributed by atoms with Gasteiger partial charge in [-0.15, -0.1) is 0 Å². The van der Waals surface area contributed by atoms with E-state index in [1.54, 1.807) is 37.3 Å². The molecule has 0 bridgehead atoms. The van der Waals surface area contributed by atoms with Crippen LogP contribution in [0.25, 0.3) is 0 Å². The summed E-state index contributed by atoms with van der Waals surface area (Å²) in [6.07, 6.45) is 1.64. The summed E-state index contributed by atoms with van der Waals surface area (Å²) in [4.78, 5) is 11.1. The largest absolute Gasteiger partial charge is 0.490 e. The van der Waals surface area contributed by atoms with Crippen molar-refractivity contribution in [2.75, 3.05) is 13.7 Å². The Labute approximate surface area is 100 Å². The van der Waals surface area contributed by atoms with Crippen molar-refractivity contribution < 1.29 is 14.3 Å². The number of nitriles is 1. The van der Waals surface area contributed by atoms with Gasteiger partial charge < -0.3 is 9.47 Å². The minimum absolute atomic E-state index is 0.285. The maximum Gasteiger partial charge on any atom is 0.333 e. The number of carbonyl (C=O) groups is 1. The van der Waals surface area contributed by atoms with E-state index in [0.29, 0.717) is 16.9 Å². The molecule has 0 aliphatic carbocycles. The topological polar surface area (TPSA) is 59.3 Å². The second-order valence-electron chi connectivity index (χ2n) is 3.33. The number of esters is 1. The highest BCUT2D eigenvalue weighted by Gasteiger charge is 2.01. The number of hydrogen-bond acceptors (Lipinski definition) is 4. The van der Waals surface area contributed by atoms with Crippen LogP contribution >= 0.6 is 0 Å². The van der Waals surface area contributed by atoms with Crippen LogP contribution in [0.1, 0.15) is 12.5 Å². The summed E-state index contributed by atoms with van der Waals surface area (Å²) in [7, 11) is 1.33. The number of carbonyl (C=O) groups excluding carboxylic acids is 1. The predicted octanol–water partition coefficient (Wildman–Crippen LogP) is 2.06. The molecule has 0 aliphatic heterocycles. The molecule has 0 heterocycles. The van der Waals surface area contributed by atoms with E-state index in [1.165, 1.54) is 7.11 Å². The van der Waals surface area contributed by atoms with Crippen molar-refractivity contribution in [1.29, 1.82) is 5.26 Å². The van der Waals surface area contributed by atoms with E-state index in [0.717, 1.165) is 0 Å². The molecule has 1 rings (SSSR count). The van der Waals surface area contributed by atoms with Crippen molar-refractivity contribution in [2.45, 2.75) is 6.92 Å². The van der Waals surface area contributed by atoms with E-state index in [4.69, 9.17) is 10.00 Å². The molecule has 0 aliphatic rings. The summed E-state index contributed by atoms with van der Waals surface area (Å²) < 4.78 is 9.92. The average molecular weight is 231 g/mol. The fourth-order valence-corrected chi connectivity index (χ4v) is 1.13. The molecule has 0 aromatic heterocycles. The molecule has 0 atom stereocenters. The first kappa shape index (κ1) is 12.8.